The van der Waals surface area contributed by atoms with Gasteiger partial charge in [0.15, 0.2) is 6.10 Å². The number of hydrogen-bond acceptors (Lipinski definition) is 3. The number of aliphatic hydroxyl groups is 1. The van der Waals surface area contributed by atoms with Crippen molar-refractivity contribution < 1.29 is 23.0 Å². The second-order valence-electron chi connectivity index (χ2n) is 4.89. The Hall–Kier alpha value is -1.27. The summed E-state index contributed by atoms with van der Waals surface area (Å²) in [5.74, 6) is 0.846. The fourth-order valence-electron chi connectivity index (χ4n) is 2.29. The van der Waals surface area contributed by atoms with E-state index in [1.165, 1.54) is 0 Å². The van der Waals surface area contributed by atoms with Crippen molar-refractivity contribution in [1.29, 1.82) is 0 Å². The van der Waals surface area contributed by atoms with Gasteiger partial charge in [0, 0.05) is 19.0 Å². The molecule has 3 nitrogen and oxygen atoms in total. The molecule has 0 amide bonds. The molecule has 6 heteroatoms. The third-order valence-corrected chi connectivity index (χ3v) is 3.46. The normalized spacial score (nSPS) is 17.4. The molecule has 2 rings (SSSR count). The molecule has 0 aromatic heterocycles. The van der Waals surface area contributed by atoms with Crippen molar-refractivity contribution in [3.05, 3.63) is 29.3 Å². The van der Waals surface area contributed by atoms with E-state index in [2.05, 4.69) is 5.32 Å². The predicted octanol–water partition coefficient (Wildman–Crippen LogP) is 2.59. The predicted molar refractivity (Wildman–Crippen MR) is 68.7 cm³/mol. The van der Waals surface area contributed by atoms with Crippen molar-refractivity contribution in [2.45, 2.75) is 38.1 Å². The zero-order valence-electron chi connectivity index (χ0n) is 11.2. The third-order valence-electron chi connectivity index (χ3n) is 3.46. The lowest BCUT2D eigenvalue weighted by atomic mass is 10.0. The highest BCUT2D eigenvalue weighted by Gasteiger charge is 2.38. The van der Waals surface area contributed by atoms with Gasteiger partial charge in [0.05, 0.1) is 6.61 Å². The molecule has 20 heavy (non-hydrogen) atoms. The van der Waals surface area contributed by atoms with Gasteiger partial charge in [-0.05, 0) is 23.6 Å². The van der Waals surface area contributed by atoms with Crippen LogP contribution in [0.3, 0.4) is 0 Å². The average Bonchev–Trinajstić information content (AvgIpc) is 2.85. The van der Waals surface area contributed by atoms with Gasteiger partial charge in [-0.2, -0.15) is 13.2 Å². The molecule has 1 heterocycles. The summed E-state index contributed by atoms with van der Waals surface area (Å²) in [5, 5.41) is 11.8. The van der Waals surface area contributed by atoms with Crippen molar-refractivity contribution in [1.82, 2.24) is 5.32 Å². The van der Waals surface area contributed by atoms with E-state index < -0.39 is 18.8 Å². The molecule has 0 aliphatic carbocycles. The number of rotatable bonds is 5. The fraction of sp³-hybridized carbons (Fsp3) is 0.571. The SMILES string of the molecule is CCC(NCC(O)C(F)(F)F)c1ccc2c(c1)CCO2. The molecule has 1 aliphatic rings. The first-order chi connectivity index (χ1) is 9.41. The Morgan fingerprint density at radius 3 is 2.80 bits per heavy atom. The Balaban J connectivity index is 2.01. The van der Waals surface area contributed by atoms with Gasteiger partial charge in [-0.1, -0.05) is 19.1 Å². The van der Waals surface area contributed by atoms with Crippen LogP contribution in [0, 0.1) is 0 Å². The average molecular weight is 289 g/mol. The van der Waals surface area contributed by atoms with Crippen molar-refractivity contribution in [2.24, 2.45) is 0 Å². The van der Waals surface area contributed by atoms with Gasteiger partial charge in [0.1, 0.15) is 5.75 Å². The lowest BCUT2D eigenvalue weighted by Gasteiger charge is -2.21. The summed E-state index contributed by atoms with van der Waals surface area (Å²) in [4.78, 5) is 0. The number of aliphatic hydroxyl groups excluding tert-OH is 1. The van der Waals surface area contributed by atoms with Crippen LogP contribution in [0.15, 0.2) is 18.2 Å². The van der Waals surface area contributed by atoms with Crippen molar-refractivity contribution >= 4 is 0 Å². The van der Waals surface area contributed by atoms with Gasteiger partial charge < -0.3 is 15.2 Å². The fourth-order valence-corrected chi connectivity index (χ4v) is 2.29. The van der Waals surface area contributed by atoms with E-state index in [0.29, 0.717) is 13.0 Å². The Morgan fingerprint density at radius 1 is 1.40 bits per heavy atom. The van der Waals surface area contributed by atoms with Gasteiger partial charge in [-0.3, -0.25) is 0 Å². The van der Waals surface area contributed by atoms with Gasteiger partial charge >= 0.3 is 6.18 Å². The molecule has 2 N–H and O–H groups in total. The number of ether oxygens (including phenoxy) is 1. The van der Waals surface area contributed by atoms with Gasteiger partial charge in [-0.25, -0.2) is 0 Å². The molecule has 0 saturated heterocycles. The topological polar surface area (TPSA) is 41.5 Å². The molecular formula is C14H18F3NO2. The van der Waals surface area contributed by atoms with Gasteiger partial charge in [0.25, 0.3) is 0 Å². The first kappa shape index (κ1) is 15.1. The van der Waals surface area contributed by atoms with Crippen molar-refractivity contribution in [3.63, 3.8) is 0 Å². The number of benzene rings is 1. The molecule has 1 aromatic rings. The number of nitrogens with one attached hydrogen (secondary N) is 1. The second kappa shape index (κ2) is 6.01. The zero-order valence-corrected chi connectivity index (χ0v) is 11.2. The van der Waals surface area contributed by atoms with Crippen LogP contribution in [0.1, 0.15) is 30.5 Å². The summed E-state index contributed by atoms with van der Waals surface area (Å²) in [5.41, 5.74) is 2.00. The van der Waals surface area contributed by atoms with Crippen molar-refractivity contribution in [2.75, 3.05) is 13.2 Å². The highest BCUT2D eigenvalue weighted by atomic mass is 19.4. The molecule has 0 radical (unpaired) electrons. The summed E-state index contributed by atoms with van der Waals surface area (Å²) in [6.07, 6.45) is -5.46. The van der Waals surface area contributed by atoms with Gasteiger partial charge in [0.2, 0.25) is 0 Å². The van der Waals surface area contributed by atoms with Crippen LogP contribution in [0.2, 0.25) is 0 Å². The Morgan fingerprint density at radius 2 is 2.15 bits per heavy atom. The molecule has 0 fully saturated rings. The molecule has 1 aromatic carbocycles. The first-order valence-corrected chi connectivity index (χ1v) is 6.65. The summed E-state index contributed by atoms with van der Waals surface area (Å²) < 4.78 is 42.2. The summed E-state index contributed by atoms with van der Waals surface area (Å²) in [7, 11) is 0. The molecule has 0 saturated carbocycles. The largest absolute Gasteiger partial charge is 0.493 e. The molecular weight excluding hydrogens is 271 g/mol. The lowest BCUT2D eigenvalue weighted by Crippen LogP contribution is -2.39. The van der Waals surface area contributed by atoms with Crippen LogP contribution in [0.5, 0.6) is 5.75 Å². The minimum atomic E-state index is -4.59. The van der Waals surface area contributed by atoms with E-state index in [9.17, 15) is 13.2 Å². The quantitative estimate of drug-likeness (QED) is 0.875. The molecule has 1 aliphatic heterocycles. The van der Waals surface area contributed by atoms with Crippen LogP contribution in [-0.4, -0.2) is 30.5 Å². The van der Waals surface area contributed by atoms with E-state index in [1.54, 1.807) is 0 Å². The maximum absolute atomic E-state index is 12.3. The van der Waals surface area contributed by atoms with Crippen LogP contribution in [-0.2, 0) is 6.42 Å². The Kier molecular flexibility index (Phi) is 4.55. The smallest absolute Gasteiger partial charge is 0.415 e. The monoisotopic (exact) mass is 289 g/mol. The summed E-state index contributed by atoms with van der Waals surface area (Å²) in [6.45, 7) is 2.03. The summed E-state index contributed by atoms with van der Waals surface area (Å²) >= 11 is 0. The third kappa shape index (κ3) is 3.43. The molecule has 112 valence electrons. The van der Waals surface area contributed by atoms with Crippen LogP contribution >= 0.6 is 0 Å². The number of halogens is 3. The maximum atomic E-state index is 12.3. The minimum Gasteiger partial charge on any atom is -0.493 e. The van der Waals surface area contributed by atoms with Crippen LogP contribution in [0.25, 0.3) is 0 Å². The van der Waals surface area contributed by atoms with E-state index in [1.807, 2.05) is 25.1 Å². The lowest BCUT2D eigenvalue weighted by molar-refractivity contribution is -0.202. The standard InChI is InChI=1S/C14H18F3NO2/c1-2-11(18-8-13(19)14(15,16)17)9-3-4-12-10(7-9)5-6-20-12/h3-4,7,11,13,18-19H,2,5-6,8H2,1H3. The molecule has 2 unspecified atom stereocenters. The van der Waals surface area contributed by atoms with E-state index in [-0.39, 0.29) is 6.04 Å². The van der Waals surface area contributed by atoms with Crippen LogP contribution < -0.4 is 10.1 Å². The first-order valence-electron chi connectivity index (χ1n) is 6.65. The van der Waals surface area contributed by atoms with E-state index >= 15 is 0 Å². The van der Waals surface area contributed by atoms with E-state index in [0.717, 1.165) is 23.3 Å². The van der Waals surface area contributed by atoms with E-state index in [4.69, 9.17) is 9.84 Å². The maximum Gasteiger partial charge on any atom is 0.415 e. The van der Waals surface area contributed by atoms with Crippen molar-refractivity contribution in [3.8, 4) is 5.75 Å². The Labute approximate surface area is 115 Å². The zero-order chi connectivity index (χ0) is 14.8. The molecule has 0 spiro atoms. The molecule has 2 atom stereocenters. The van der Waals surface area contributed by atoms with Gasteiger partial charge in [-0.15, -0.1) is 0 Å². The minimum absolute atomic E-state index is 0.210. The molecule has 0 bridgehead atoms. The number of hydrogen-bond donors (Lipinski definition) is 2. The number of alkyl halides is 3. The summed E-state index contributed by atoms with van der Waals surface area (Å²) in [6, 6.07) is 5.45. The highest BCUT2D eigenvalue weighted by Crippen LogP contribution is 2.29. The highest BCUT2D eigenvalue weighted by molar-refractivity contribution is 5.40. The Bertz CT molecular complexity index is 462. The number of fused-ring (bicyclic) bond motifs is 1. The second-order valence-corrected chi connectivity index (χ2v) is 4.89. The van der Waals surface area contributed by atoms with Crippen LogP contribution in [0.4, 0.5) is 13.2 Å².